The molecule has 0 aliphatic carbocycles. The monoisotopic (exact) mass is 373 g/mol. The van der Waals surface area contributed by atoms with Gasteiger partial charge in [0.15, 0.2) is 0 Å². The van der Waals surface area contributed by atoms with E-state index in [0.717, 1.165) is 0 Å². The topological polar surface area (TPSA) is 78.6 Å². The van der Waals surface area contributed by atoms with Gasteiger partial charge in [0.05, 0.1) is 13.2 Å². The third-order valence-electron chi connectivity index (χ3n) is 4.89. The number of carbonyl (C=O) groups excluding carboxylic acids is 2. The summed E-state index contributed by atoms with van der Waals surface area (Å²) < 4.78 is 10.5. The molecule has 0 saturated heterocycles. The molecule has 0 aromatic heterocycles. The van der Waals surface area contributed by atoms with E-state index in [1.165, 1.54) is 0 Å². The van der Waals surface area contributed by atoms with Gasteiger partial charge in [-0.25, -0.2) is 0 Å². The fraction of sp³-hybridized carbons (Fsp3) is 0.905. The number of ether oxygens (including phenoxy) is 2. The van der Waals surface area contributed by atoms with E-state index in [9.17, 15) is 9.59 Å². The second-order valence-corrected chi connectivity index (χ2v) is 8.99. The minimum atomic E-state index is -0.787. The maximum absolute atomic E-state index is 11.9. The third kappa shape index (κ3) is 12.3. The summed E-state index contributed by atoms with van der Waals surface area (Å²) >= 11 is 0. The summed E-state index contributed by atoms with van der Waals surface area (Å²) in [5, 5.41) is 0. The van der Waals surface area contributed by atoms with Crippen molar-refractivity contribution in [1.29, 1.82) is 0 Å². The molecule has 0 rings (SSSR count). The molecule has 3 atom stereocenters. The molecule has 0 bridgehead atoms. The second kappa shape index (κ2) is 12.3. The van der Waals surface area contributed by atoms with E-state index in [1.54, 1.807) is 0 Å². The zero-order valence-electron chi connectivity index (χ0n) is 18.8. The van der Waals surface area contributed by atoms with Crippen LogP contribution in [0.5, 0.6) is 0 Å². The molecule has 3 unspecified atom stereocenters. The van der Waals surface area contributed by atoms with Gasteiger partial charge in [0.1, 0.15) is 6.04 Å². The van der Waals surface area contributed by atoms with Gasteiger partial charge in [0, 0.05) is 6.42 Å². The van der Waals surface area contributed by atoms with Gasteiger partial charge in [-0.2, -0.15) is 0 Å². The summed E-state index contributed by atoms with van der Waals surface area (Å²) in [4.78, 5) is 23.7. The molecular weight excluding hydrogens is 330 g/mol. The fourth-order valence-corrected chi connectivity index (χ4v) is 1.50. The van der Waals surface area contributed by atoms with Crippen LogP contribution < -0.4 is 5.73 Å². The van der Waals surface area contributed by atoms with Gasteiger partial charge in [0.2, 0.25) is 0 Å². The number of carbonyl (C=O) groups is 2. The van der Waals surface area contributed by atoms with E-state index in [2.05, 4.69) is 41.5 Å². The first-order valence-corrected chi connectivity index (χ1v) is 9.83. The molecule has 0 aromatic carbocycles. The summed E-state index contributed by atoms with van der Waals surface area (Å²) in [7, 11) is 0. The zero-order chi connectivity index (χ0) is 21.1. The quantitative estimate of drug-likeness (QED) is 0.630. The summed E-state index contributed by atoms with van der Waals surface area (Å²) in [5.74, 6) is -0.282. The number of hydrogen-bond donors (Lipinski definition) is 1. The van der Waals surface area contributed by atoms with Crippen molar-refractivity contribution in [2.45, 2.75) is 88.1 Å². The van der Waals surface area contributed by atoms with E-state index in [-0.39, 0.29) is 41.5 Å². The fourth-order valence-electron chi connectivity index (χ4n) is 1.50. The SMILES string of the molecule is CC.CC(COC(=O)CCC(N)C(=O)OCC(C)C(C)(C)C)C(C)(C)C. The molecule has 0 spiro atoms. The molecule has 0 aliphatic rings. The van der Waals surface area contributed by atoms with Crippen molar-refractivity contribution in [3.8, 4) is 0 Å². The highest BCUT2D eigenvalue weighted by atomic mass is 16.5. The van der Waals surface area contributed by atoms with Crippen LogP contribution in [0.15, 0.2) is 0 Å². The van der Waals surface area contributed by atoms with Gasteiger partial charge < -0.3 is 15.2 Å². The molecule has 0 aromatic rings. The molecule has 2 N–H and O–H groups in total. The van der Waals surface area contributed by atoms with Crippen LogP contribution in [0.2, 0.25) is 0 Å². The van der Waals surface area contributed by atoms with Gasteiger partial charge in [-0.05, 0) is 29.1 Å². The van der Waals surface area contributed by atoms with Gasteiger partial charge in [-0.15, -0.1) is 0 Å². The highest BCUT2D eigenvalue weighted by molar-refractivity contribution is 5.77. The first kappa shape index (κ1) is 27.1. The highest BCUT2D eigenvalue weighted by Gasteiger charge is 2.24. The normalized spacial score (nSPS) is 15.2. The molecule has 0 aliphatic heterocycles. The Kier molecular flexibility index (Phi) is 12.8. The Labute approximate surface area is 161 Å². The molecular formula is C21H43NO4. The first-order chi connectivity index (χ1) is 11.7. The van der Waals surface area contributed by atoms with E-state index >= 15 is 0 Å². The Morgan fingerprint density at radius 2 is 1.23 bits per heavy atom. The molecule has 0 fully saturated rings. The predicted molar refractivity (Wildman–Crippen MR) is 108 cm³/mol. The largest absolute Gasteiger partial charge is 0.465 e. The van der Waals surface area contributed by atoms with Crippen LogP contribution >= 0.6 is 0 Å². The maximum Gasteiger partial charge on any atom is 0.322 e. The third-order valence-corrected chi connectivity index (χ3v) is 4.89. The maximum atomic E-state index is 11.9. The van der Waals surface area contributed by atoms with Gasteiger partial charge in [0.25, 0.3) is 0 Å². The van der Waals surface area contributed by atoms with Gasteiger partial charge in [-0.3, -0.25) is 9.59 Å². The van der Waals surface area contributed by atoms with E-state index in [0.29, 0.717) is 13.2 Å². The van der Waals surface area contributed by atoms with Crippen molar-refractivity contribution in [2.75, 3.05) is 13.2 Å². The van der Waals surface area contributed by atoms with Gasteiger partial charge in [-0.1, -0.05) is 69.2 Å². The molecule has 0 saturated carbocycles. The van der Waals surface area contributed by atoms with Crippen molar-refractivity contribution in [2.24, 2.45) is 28.4 Å². The Morgan fingerprint density at radius 1 is 0.846 bits per heavy atom. The smallest absolute Gasteiger partial charge is 0.322 e. The van der Waals surface area contributed by atoms with Crippen LogP contribution in [0.25, 0.3) is 0 Å². The minimum absolute atomic E-state index is 0.0674. The minimum Gasteiger partial charge on any atom is -0.465 e. The number of esters is 2. The van der Waals surface area contributed by atoms with E-state index in [1.807, 2.05) is 27.7 Å². The lowest BCUT2D eigenvalue weighted by Gasteiger charge is -2.27. The number of rotatable bonds is 8. The van der Waals surface area contributed by atoms with Crippen LogP contribution in [-0.2, 0) is 19.1 Å². The number of nitrogens with two attached hydrogens (primary N) is 1. The lowest BCUT2D eigenvalue weighted by Crippen LogP contribution is -2.35. The Balaban J connectivity index is 0. The highest BCUT2D eigenvalue weighted by Crippen LogP contribution is 2.26. The van der Waals surface area contributed by atoms with Crippen LogP contribution in [0.3, 0.4) is 0 Å². The second-order valence-electron chi connectivity index (χ2n) is 8.99. The Morgan fingerprint density at radius 3 is 1.62 bits per heavy atom. The van der Waals surface area contributed by atoms with Crippen molar-refractivity contribution in [1.82, 2.24) is 0 Å². The Bertz CT molecular complexity index is 407. The van der Waals surface area contributed by atoms with Crippen LogP contribution in [0, 0.1) is 22.7 Å². The molecule has 156 valence electrons. The van der Waals surface area contributed by atoms with Crippen molar-refractivity contribution in [3.05, 3.63) is 0 Å². The van der Waals surface area contributed by atoms with E-state index in [4.69, 9.17) is 15.2 Å². The number of hydrogen-bond acceptors (Lipinski definition) is 5. The summed E-state index contributed by atoms with van der Waals surface area (Å²) in [6, 6.07) is -0.787. The molecule has 0 heterocycles. The van der Waals surface area contributed by atoms with Crippen LogP contribution in [0.1, 0.15) is 82.1 Å². The first-order valence-electron chi connectivity index (χ1n) is 9.83. The average molecular weight is 374 g/mol. The van der Waals surface area contributed by atoms with Crippen molar-refractivity contribution < 1.29 is 19.1 Å². The van der Waals surface area contributed by atoms with Crippen molar-refractivity contribution >= 4 is 11.9 Å². The lowest BCUT2D eigenvalue weighted by molar-refractivity contribution is -0.149. The van der Waals surface area contributed by atoms with E-state index < -0.39 is 12.0 Å². The molecule has 0 amide bonds. The summed E-state index contributed by atoms with van der Waals surface area (Å²) in [5.41, 5.74) is 5.96. The van der Waals surface area contributed by atoms with Gasteiger partial charge >= 0.3 is 11.9 Å². The molecule has 26 heavy (non-hydrogen) atoms. The molecule has 5 heteroatoms. The standard InChI is InChI=1S/C19H37NO4.C2H6/c1-13(18(3,4)5)11-23-16(21)10-9-15(20)17(22)24-12-14(2)19(6,7)8;1-2/h13-15H,9-12,20H2,1-8H3;1-2H3. The molecule has 5 nitrogen and oxygen atoms in total. The Hall–Kier alpha value is -1.10. The van der Waals surface area contributed by atoms with Crippen LogP contribution in [-0.4, -0.2) is 31.2 Å². The average Bonchev–Trinajstić information content (AvgIpc) is 2.54. The molecule has 0 radical (unpaired) electrons. The summed E-state index contributed by atoms with van der Waals surface area (Å²) in [6.45, 7) is 21.4. The predicted octanol–water partition coefficient (Wildman–Crippen LogP) is 4.57. The summed E-state index contributed by atoms with van der Waals surface area (Å²) in [6.07, 6.45) is 0.368. The lowest BCUT2D eigenvalue weighted by atomic mass is 9.83. The zero-order valence-corrected chi connectivity index (χ0v) is 18.8. The van der Waals surface area contributed by atoms with Crippen LogP contribution in [0.4, 0.5) is 0 Å². The van der Waals surface area contributed by atoms with Crippen molar-refractivity contribution in [3.63, 3.8) is 0 Å².